The molecule has 2 rings (SSSR count). The molecule has 0 aromatic heterocycles. The van der Waals surface area contributed by atoms with Gasteiger partial charge in [-0.25, -0.2) is 0 Å². The van der Waals surface area contributed by atoms with Crippen molar-refractivity contribution in [1.29, 1.82) is 0 Å². The summed E-state index contributed by atoms with van der Waals surface area (Å²) in [5, 5.41) is 0. The predicted octanol–water partition coefficient (Wildman–Crippen LogP) is 4.37. The van der Waals surface area contributed by atoms with E-state index in [9.17, 15) is 0 Å². The fourth-order valence-corrected chi connectivity index (χ4v) is 4.62. The van der Waals surface area contributed by atoms with Gasteiger partial charge in [-0.3, -0.25) is 0 Å². The zero-order valence-electron chi connectivity index (χ0n) is 12.5. The van der Waals surface area contributed by atoms with Crippen LogP contribution in [-0.2, 0) is 4.74 Å². The molecule has 6 atom stereocenters. The van der Waals surface area contributed by atoms with Crippen LogP contribution in [0, 0.1) is 35.0 Å². The SMILES string of the molecule is COC(C)CC1C(C)C2CC1C(C(C)(C)C)C2. The molecule has 2 aliphatic rings. The van der Waals surface area contributed by atoms with Gasteiger partial charge in [-0.05, 0) is 61.2 Å². The summed E-state index contributed by atoms with van der Waals surface area (Å²) < 4.78 is 5.49. The predicted molar refractivity (Wildman–Crippen MR) is 72.9 cm³/mol. The van der Waals surface area contributed by atoms with Crippen LogP contribution in [0.5, 0.6) is 0 Å². The number of methoxy groups -OCH3 is 1. The Bertz CT molecular complexity index is 265. The van der Waals surface area contributed by atoms with Crippen molar-refractivity contribution in [3.8, 4) is 0 Å². The van der Waals surface area contributed by atoms with Crippen molar-refractivity contribution in [2.75, 3.05) is 7.11 Å². The zero-order valence-corrected chi connectivity index (χ0v) is 12.5. The average Bonchev–Trinajstić information content (AvgIpc) is 2.78. The van der Waals surface area contributed by atoms with Gasteiger partial charge in [-0.2, -0.15) is 0 Å². The van der Waals surface area contributed by atoms with E-state index in [1.807, 2.05) is 7.11 Å². The van der Waals surface area contributed by atoms with Crippen molar-refractivity contribution >= 4 is 0 Å². The molecule has 0 radical (unpaired) electrons. The molecule has 1 heteroatoms. The summed E-state index contributed by atoms with van der Waals surface area (Å²) in [5.41, 5.74) is 0.494. The average molecular weight is 238 g/mol. The Labute approximate surface area is 107 Å². The first kappa shape index (κ1) is 13.4. The molecule has 0 saturated heterocycles. The zero-order chi connectivity index (χ0) is 12.8. The van der Waals surface area contributed by atoms with Crippen LogP contribution in [-0.4, -0.2) is 13.2 Å². The number of fused-ring (bicyclic) bond motifs is 2. The third-order valence-corrected chi connectivity index (χ3v) is 5.74. The maximum Gasteiger partial charge on any atom is 0.0546 e. The number of rotatable bonds is 3. The first-order valence-corrected chi connectivity index (χ1v) is 7.37. The Morgan fingerprint density at radius 3 is 2.35 bits per heavy atom. The monoisotopic (exact) mass is 238 g/mol. The Morgan fingerprint density at radius 1 is 1.24 bits per heavy atom. The molecule has 2 saturated carbocycles. The molecule has 17 heavy (non-hydrogen) atoms. The molecule has 0 aromatic carbocycles. The van der Waals surface area contributed by atoms with Crippen LogP contribution in [0.25, 0.3) is 0 Å². The van der Waals surface area contributed by atoms with Gasteiger partial charge in [0.15, 0.2) is 0 Å². The van der Waals surface area contributed by atoms with Crippen LogP contribution >= 0.6 is 0 Å². The van der Waals surface area contributed by atoms with Crippen molar-refractivity contribution in [2.45, 2.75) is 60.0 Å². The number of ether oxygens (including phenoxy) is 1. The summed E-state index contributed by atoms with van der Waals surface area (Å²) in [6.45, 7) is 12.0. The van der Waals surface area contributed by atoms with Gasteiger partial charge in [0.2, 0.25) is 0 Å². The number of hydrogen-bond donors (Lipinski definition) is 0. The lowest BCUT2D eigenvalue weighted by atomic mass is 9.64. The van der Waals surface area contributed by atoms with Crippen LogP contribution < -0.4 is 0 Å². The Balaban J connectivity index is 2.07. The molecule has 0 heterocycles. The molecule has 2 aliphatic carbocycles. The third kappa shape index (κ3) is 2.41. The normalized spacial score (nSPS) is 43.1. The summed E-state index contributed by atoms with van der Waals surface area (Å²) in [5.74, 6) is 4.74. The molecule has 0 N–H and O–H groups in total. The highest BCUT2D eigenvalue weighted by atomic mass is 16.5. The molecule has 0 aromatic rings. The van der Waals surface area contributed by atoms with Crippen molar-refractivity contribution in [1.82, 2.24) is 0 Å². The van der Waals surface area contributed by atoms with Gasteiger partial charge in [0.1, 0.15) is 0 Å². The van der Waals surface area contributed by atoms with Crippen LogP contribution in [0.1, 0.15) is 53.9 Å². The van der Waals surface area contributed by atoms with Gasteiger partial charge in [0.25, 0.3) is 0 Å². The summed E-state index contributed by atoms with van der Waals surface area (Å²) in [4.78, 5) is 0. The second-order valence-electron chi connectivity index (χ2n) is 7.67. The third-order valence-electron chi connectivity index (χ3n) is 5.74. The van der Waals surface area contributed by atoms with E-state index in [0.29, 0.717) is 11.5 Å². The van der Waals surface area contributed by atoms with Crippen LogP contribution in [0.3, 0.4) is 0 Å². The molecule has 0 spiro atoms. The van der Waals surface area contributed by atoms with Crippen molar-refractivity contribution in [3.63, 3.8) is 0 Å². The largest absolute Gasteiger partial charge is 0.382 e. The molecule has 1 nitrogen and oxygen atoms in total. The highest BCUT2D eigenvalue weighted by Crippen LogP contribution is 2.60. The highest BCUT2D eigenvalue weighted by Gasteiger charge is 2.53. The second-order valence-corrected chi connectivity index (χ2v) is 7.67. The fraction of sp³-hybridized carbons (Fsp3) is 1.00. The minimum absolute atomic E-state index is 0.433. The molecular weight excluding hydrogens is 208 g/mol. The first-order valence-electron chi connectivity index (χ1n) is 7.37. The smallest absolute Gasteiger partial charge is 0.0546 e. The molecule has 0 aliphatic heterocycles. The van der Waals surface area contributed by atoms with E-state index in [-0.39, 0.29) is 0 Å². The molecular formula is C16H30O. The molecule has 6 unspecified atom stereocenters. The van der Waals surface area contributed by atoms with Crippen molar-refractivity contribution < 1.29 is 4.74 Å². The van der Waals surface area contributed by atoms with E-state index in [1.165, 1.54) is 19.3 Å². The lowest BCUT2D eigenvalue weighted by Crippen LogP contribution is -2.35. The van der Waals surface area contributed by atoms with E-state index in [2.05, 4.69) is 34.6 Å². The summed E-state index contributed by atoms with van der Waals surface area (Å²) >= 11 is 0. The van der Waals surface area contributed by atoms with Gasteiger partial charge in [-0.1, -0.05) is 27.7 Å². The minimum atomic E-state index is 0.433. The lowest BCUT2D eigenvalue weighted by Gasteiger charge is -2.41. The van der Waals surface area contributed by atoms with Gasteiger partial charge in [0.05, 0.1) is 6.10 Å². The van der Waals surface area contributed by atoms with Gasteiger partial charge < -0.3 is 4.74 Å². The van der Waals surface area contributed by atoms with E-state index in [0.717, 1.165) is 29.6 Å². The van der Waals surface area contributed by atoms with Crippen molar-refractivity contribution in [2.24, 2.45) is 35.0 Å². The van der Waals surface area contributed by atoms with Gasteiger partial charge in [-0.15, -0.1) is 0 Å². The fourth-order valence-electron chi connectivity index (χ4n) is 4.62. The van der Waals surface area contributed by atoms with E-state index in [4.69, 9.17) is 4.74 Å². The Kier molecular flexibility index (Phi) is 3.60. The minimum Gasteiger partial charge on any atom is -0.382 e. The Morgan fingerprint density at radius 2 is 1.88 bits per heavy atom. The van der Waals surface area contributed by atoms with Crippen LogP contribution in [0.4, 0.5) is 0 Å². The summed E-state index contributed by atoms with van der Waals surface area (Å²) in [7, 11) is 1.85. The maximum atomic E-state index is 5.49. The number of hydrogen-bond acceptors (Lipinski definition) is 1. The standard InChI is InChI=1S/C16H30O/c1-10(17-6)7-13-11(2)12-8-14(13)15(9-12)16(3,4)5/h10-15H,7-9H2,1-6H3. The van der Waals surface area contributed by atoms with E-state index < -0.39 is 0 Å². The van der Waals surface area contributed by atoms with Gasteiger partial charge >= 0.3 is 0 Å². The topological polar surface area (TPSA) is 9.23 Å². The van der Waals surface area contributed by atoms with Crippen LogP contribution in [0.2, 0.25) is 0 Å². The first-order chi connectivity index (χ1) is 7.84. The molecule has 0 amide bonds. The molecule has 2 fully saturated rings. The van der Waals surface area contributed by atoms with E-state index >= 15 is 0 Å². The second kappa shape index (κ2) is 4.57. The maximum absolute atomic E-state index is 5.49. The van der Waals surface area contributed by atoms with Gasteiger partial charge in [0, 0.05) is 7.11 Å². The van der Waals surface area contributed by atoms with Crippen LogP contribution in [0.15, 0.2) is 0 Å². The summed E-state index contributed by atoms with van der Waals surface area (Å²) in [6, 6.07) is 0. The summed E-state index contributed by atoms with van der Waals surface area (Å²) in [6.07, 6.45) is 4.67. The van der Waals surface area contributed by atoms with E-state index in [1.54, 1.807) is 0 Å². The lowest BCUT2D eigenvalue weighted by molar-refractivity contribution is 0.0347. The van der Waals surface area contributed by atoms with Crippen molar-refractivity contribution in [3.05, 3.63) is 0 Å². The molecule has 2 bridgehead atoms. The Hall–Kier alpha value is -0.0400. The quantitative estimate of drug-likeness (QED) is 0.709. The highest BCUT2D eigenvalue weighted by molar-refractivity contribution is 5.02. The molecule has 100 valence electrons.